The topological polar surface area (TPSA) is 118 Å². The van der Waals surface area contributed by atoms with Crippen molar-refractivity contribution in [1.82, 2.24) is 5.32 Å². The third-order valence-corrected chi connectivity index (χ3v) is 3.49. The number of nitrogens with one attached hydrogen (secondary N) is 1. The number of rotatable bonds is 5. The summed E-state index contributed by atoms with van der Waals surface area (Å²) in [7, 11) is 0. The first-order valence-electron chi connectivity index (χ1n) is 6.64. The van der Waals surface area contributed by atoms with Crippen LogP contribution in [0, 0.1) is 10.1 Å². The molecule has 1 unspecified atom stereocenters. The fourth-order valence-electron chi connectivity index (χ4n) is 2.00. The molecule has 1 atom stereocenters. The number of hydrogen-bond acceptors (Lipinski definition) is 5. The van der Waals surface area contributed by atoms with Crippen LogP contribution in [0.15, 0.2) is 42.5 Å². The van der Waals surface area contributed by atoms with Gasteiger partial charge in [-0.1, -0.05) is 29.8 Å². The zero-order chi connectivity index (χ0) is 17.0. The highest BCUT2D eigenvalue weighted by Crippen LogP contribution is 2.24. The van der Waals surface area contributed by atoms with Crippen LogP contribution < -0.4 is 11.1 Å². The van der Waals surface area contributed by atoms with Gasteiger partial charge < -0.3 is 16.2 Å². The Morgan fingerprint density at radius 1 is 1.30 bits per heavy atom. The van der Waals surface area contributed by atoms with Crippen LogP contribution in [0.5, 0.6) is 0 Å². The van der Waals surface area contributed by atoms with Gasteiger partial charge in [-0.2, -0.15) is 0 Å². The first-order valence-corrected chi connectivity index (χ1v) is 7.02. The minimum atomic E-state index is -0.934. The largest absolute Gasteiger partial charge is 0.393 e. The van der Waals surface area contributed by atoms with Crippen molar-refractivity contribution >= 4 is 28.9 Å². The van der Waals surface area contributed by atoms with Gasteiger partial charge in [-0.3, -0.25) is 14.9 Å². The van der Waals surface area contributed by atoms with Crippen molar-refractivity contribution < 1.29 is 14.8 Å². The van der Waals surface area contributed by atoms with E-state index >= 15 is 0 Å². The Labute approximate surface area is 136 Å². The number of halogens is 1. The number of carbonyl (C=O) groups is 1. The summed E-state index contributed by atoms with van der Waals surface area (Å²) in [6.45, 7) is -0.0669. The Morgan fingerprint density at radius 2 is 1.96 bits per heavy atom. The molecule has 0 bridgehead atoms. The Bertz CT molecular complexity index is 734. The number of nitrogens with two attached hydrogens (primary N) is 1. The standard InChI is InChI=1S/C15H14ClN3O4/c16-10-6-4-9(5-7-10)13(20)8-18-15(21)11-2-1-3-12(14(11)17)19(22)23/h1-7,13,20H,8,17H2,(H,18,21). The van der Waals surface area contributed by atoms with E-state index in [0.29, 0.717) is 10.6 Å². The monoisotopic (exact) mass is 335 g/mol. The van der Waals surface area contributed by atoms with Crippen molar-refractivity contribution in [3.63, 3.8) is 0 Å². The van der Waals surface area contributed by atoms with E-state index in [1.165, 1.54) is 18.2 Å². The number of amides is 1. The summed E-state index contributed by atoms with van der Waals surface area (Å²) in [5.41, 5.74) is 5.66. The number of benzene rings is 2. The molecular weight excluding hydrogens is 322 g/mol. The Balaban J connectivity index is 2.06. The molecule has 0 spiro atoms. The fraction of sp³-hybridized carbons (Fsp3) is 0.133. The number of carbonyl (C=O) groups excluding carboxylic acids is 1. The van der Waals surface area contributed by atoms with Gasteiger partial charge in [0.15, 0.2) is 0 Å². The minimum Gasteiger partial charge on any atom is -0.393 e. The van der Waals surface area contributed by atoms with Crippen LogP contribution in [0.25, 0.3) is 0 Å². The minimum absolute atomic E-state index is 0.0116. The summed E-state index contributed by atoms with van der Waals surface area (Å²) in [5, 5.41) is 23.9. The zero-order valence-corrected chi connectivity index (χ0v) is 12.7. The fourth-order valence-corrected chi connectivity index (χ4v) is 2.12. The maximum Gasteiger partial charge on any atom is 0.292 e. The summed E-state index contributed by atoms with van der Waals surface area (Å²) < 4.78 is 0. The van der Waals surface area contributed by atoms with Crippen molar-refractivity contribution in [3.8, 4) is 0 Å². The summed E-state index contributed by atoms with van der Waals surface area (Å²) in [5.74, 6) is -0.598. The Morgan fingerprint density at radius 3 is 2.57 bits per heavy atom. The number of aliphatic hydroxyl groups excluding tert-OH is 1. The zero-order valence-electron chi connectivity index (χ0n) is 11.9. The van der Waals surface area contributed by atoms with Gasteiger partial charge in [-0.05, 0) is 23.8 Å². The lowest BCUT2D eigenvalue weighted by atomic mass is 10.1. The highest BCUT2D eigenvalue weighted by Gasteiger charge is 2.19. The maximum absolute atomic E-state index is 12.1. The molecule has 1 amide bonds. The van der Waals surface area contributed by atoms with Crippen LogP contribution >= 0.6 is 11.6 Å². The van der Waals surface area contributed by atoms with E-state index in [2.05, 4.69) is 5.32 Å². The van der Waals surface area contributed by atoms with Gasteiger partial charge in [0.2, 0.25) is 0 Å². The second-order valence-electron chi connectivity index (χ2n) is 4.77. The quantitative estimate of drug-likeness (QED) is 0.440. The van der Waals surface area contributed by atoms with Gasteiger partial charge >= 0.3 is 0 Å². The van der Waals surface area contributed by atoms with E-state index in [1.807, 2.05) is 0 Å². The van der Waals surface area contributed by atoms with Crippen LogP contribution in [-0.4, -0.2) is 22.5 Å². The smallest absolute Gasteiger partial charge is 0.292 e. The molecule has 8 heteroatoms. The molecule has 0 aliphatic carbocycles. The molecule has 2 rings (SSSR count). The average Bonchev–Trinajstić information content (AvgIpc) is 2.53. The number of aliphatic hydroxyl groups is 1. The molecule has 2 aromatic rings. The van der Waals surface area contributed by atoms with Gasteiger partial charge in [-0.25, -0.2) is 0 Å². The molecule has 4 N–H and O–H groups in total. The first kappa shape index (κ1) is 16.7. The van der Waals surface area contributed by atoms with E-state index in [1.54, 1.807) is 24.3 Å². The highest BCUT2D eigenvalue weighted by molar-refractivity contribution is 6.30. The Kier molecular flexibility index (Phi) is 5.15. The molecule has 0 aliphatic rings. The maximum atomic E-state index is 12.1. The summed E-state index contributed by atoms with van der Waals surface area (Å²) >= 11 is 5.76. The van der Waals surface area contributed by atoms with Crippen molar-refractivity contribution in [2.75, 3.05) is 12.3 Å². The van der Waals surface area contributed by atoms with Crippen LogP contribution in [0.1, 0.15) is 22.0 Å². The van der Waals surface area contributed by atoms with Crippen LogP contribution in [-0.2, 0) is 0 Å². The molecular formula is C15H14ClN3O4. The lowest BCUT2D eigenvalue weighted by molar-refractivity contribution is -0.383. The lowest BCUT2D eigenvalue weighted by Crippen LogP contribution is -2.29. The predicted molar refractivity (Wildman–Crippen MR) is 86.3 cm³/mol. The van der Waals surface area contributed by atoms with E-state index < -0.39 is 16.9 Å². The number of nitro groups is 1. The number of hydrogen-bond donors (Lipinski definition) is 3. The van der Waals surface area contributed by atoms with Crippen molar-refractivity contribution in [1.29, 1.82) is 0 Å². The molecule has 120 valence electrons. The van der Waals surface area contributed by atoms with Gasteiger partial charge in [0.05, 0.1) is 16.6 Å². The molecule has 0 heterocycles. The third-order valence-electron chi connectivity index (χ3n) is 3.24. The third kappa shape index (κ3) is 3.97. The normalized spacial score (nSPS) is 11.7. The first-order chi connectivity index (χ1) is 10.9. The molecule has 0 aromatic heterocycles. The van der Waals surface area contributed by atoms with Gasteiger partial charge in [0.1, 0.15) is 5.69 Å². The molecule has 0 fully saturated rings. The number of nitro benzene ring substituents is 1. The second-order valence-corrected chi connectivity index (χ2v) is 5.21. The highest BCUT2D eigenvalue weighted by atomic mass is 35.5. The van der Waals surface area contributed by atoms with E-state index in [0.717, 1.165) is 0 Å². The molecule has 23 heavy (non-hydrogen) atoms. The molecule has 2 aromatic carbocycles. The number of para-hydroxylation sites is 1. The number of nitrogen functional groups attached to an aromatic ring is 1. The van der Waals surface area contributed by atoms with Gasteiger partial charge in [-0.15, -0.1) is 0 Å². The van der Waals surface area contributed by atoms with Crippen molar-refractivity contribution in [3.05, 3.63) is 68.7 Å². The van der Waals surface area contributed by atoms with E-state index in [-0.39, 0.29) is 23.5 Å². The van der Waals surface area contributed by atoms with E-state index in [9.17, 15) is 20.0 Å². The van der Waals surface area contributed by atoms with Crippen molar-refractivity contribution in [2.24, 2.45) is 0 Å². The predicted octanol–water partition coefficient (Wildman–Crippen LogP) is 2.29. The molecule has 0 radical (unpaired) electrons. The molecule has 7 nitrogen and oxygen atoms in total. The van der Waals surface area contributed by atoms with Gasteiger partial charge in [0.25, 0.3) is 11.6 Å². The Hall–Kier alpha value is -2.64. The van der Waals surface area contributed by atoms with Gasteiger partial charge in [0, 0.05) is 17.6 Å². The molecule has 0 saturated heterocycles. The molecule has 0 aliphatic heterocycles. The number of anilines is 1. The van der Waals surface area contributed by atoms with Crippen LogP contribution in [0.3, 0.4) is 0 Å². The second kappa shape index (κ2) is 7.08. The van der Waals surface area contributed by atoms with E-state index in [4.69, 9.17) is 17.3 Å². The molecule has 0 saturated carbocycles. The lowest BCUT2D eigenvalue weighted by Gasteiger charge is -2.13. The summed E-state index contributed by atoms with van der Waals surface area (Å²) in [4.78, 5) is 22.2. The number of nitrogens with zero attached hydrogens (tertiary/aromatic N) is 1. The SMILES string of the molecule is Nc1c(C(=O)NCC(O)c2ccc(Cl)cc2)cccc1[N+](=O)[O-]. The summed E-state index contributed by atoms with van der Waals surface area (Å²) in [6.07, 6.45) is -0.934. The van der Waals surface area contributed by atoms with Crippen molar-refractivity contribution in [2.45, 2.75) is 6.10 Å². The van der Waals surface area contributed by atoms with Crippen LogP contribution in [0.4, 0.5) is 11.4 Å². The van der Waals surface area contributed by atoms with Crippen LogP contribution in [0.2, 0.25) is 5.02 Å². The average molecular weight is 336 g/mol. The summed E-state index contributed by atoms with van der Waals surface area (Å²) in [6, 6.07) is 10.5.